The molecule has 2 heterocycles. The number of hydrogen-bond acceptors (Lipinski definition) is 4. The average molecular weight is 286 g/mol. The van der Waals surface area contributed by atoms with Crippen molar-refractivity contribution < 1.29 is 9.47 Å². The van der Waals surface area contributed by atoms with Crippen LogP contribution in [-0.4, -0.2) is 18.7 Å². The number of nitrogens with zero attached hydrogens (tertiary/aromatic N) is 1. The van der Waals surface area contributed by atoms with Crippen LogP contribution >= 0.6 is 0 Å². The second-order valence-electron chi connectivity index (χ2n) is 5.56. The molecule has 0 saturated heterocycles. The molecule has 1 aromatic heterocycles. The molecular formula is C17H22N2O2. The number of aryl methyl sites for hydroxylation is 1. The third-order valence-corrected chi connectivity index (χ3v) is 4.10. The second kappa shape index (κ2) is 6.20. The smallest absolute Gasteiger partial charge is 0.170 e. The van der Waals surface area contributed by atoms with Gasteiger partial charge in [0.05, 0.1) is 30.3 Å². The van der Waals surface area contributed by atoms with Crippen molar-refractivity contribution in [3.05, 3.63) is 23.9 Å². The number of methoxy groups -OCH3 is 1. The summed E-state index contributed by atoms with van der Waals surface area (Å²) in [5, 5.41) is 1.02. The van der Waals surface area contributed by atoms with Crippen LogP contribution in [-0.2, 0) is 6.42 Å². The molecule has 3 rings (SSSR count). The van der Waals surface area contributed by atoms with Crippen LogP contribution in [0.2, 0.25) is 0 Å². The highest BCUT2D eigenvalue weighted by molar-refractivity contribution is 5.98. The molecule has 0 radical (unpaired) electrons. The third-order valence-electron chi connectivity index (χ3n) is 4.10. The van der Waals surface area contributed by atoms with Crippen molar-refractivity contribution in [1.82, 2.24) is 4.98 Å². The number of nitrogens with two attached hydrogens (primary N) is 1. The van der Waals surface area contributed by atoms with Gasteiger partial charge >= 0.3 is 0 Å². The fourth-order valence-electron chi connectivity index (χ4n) is 3.00. The van der Waals surface area contributed by atoms with E-state index in [1.165, 1.54) is 31.2 Å². The van der Waals surface area contributed by atoms with E-state index in [0.29, 0.717) is 18.0 Å². The molecule has 0 saturated carbocycles. The highest BCUT2D eigenvalue weighted by Crippen LogP contribution is 2.41. The quantitative estimate of drug-likeness (QED) is 0.812. The predicted octanol–water partition coefficient (Wildman–Crippen LogP) is 3.71. The SMILES string of the molecule is COc1cc(N)c2nccc3c2c1OCCCCCCC3. The highest BCUT2D eigenvalue weighted by atomic mass is 16.5. The first-order chi connectivity index (χ1) is 10.3. The average Bonchev–Trinajstić information content (AvgIpc) is 2.55. The molecule has 1 aromatic carbocycles. The van der Waals surface area contributed by atoms with E-state index in [9.17, 15) is 0 Å². The molecule has 4 heteroatoms. The van der Waals surface area contributed by atoms with Crippen molar-refractivity contribution in [3.8, 4) is 11.5 Å². The van der Waals surface area contributed by atoms with E-state index in [1.807, 2.05) is 12.3 Å². The van der Waals surface area contributed by atoms with Gasteiger partial charge in [0, 0.05) is 12.3 Å². The first-order valence-electron chi connectivity index (χ1n) is 7.68. The first kappa shape index (κ1) is 14.0. The molecule has 2 aromatic rings. The maximum absolute atomic E-state index is 6.14. The molecule has 4 nitrogen and oxygen atoms in total. The minimum Gasteiger partial charge on any atom is -0.493 e. The summed E-state index contributed by atoms with van der Waals surface area (Å²) in [6.07, 6.45) is 8.88. The van der Waals surface area contributed by atoms with E-state index < -0.39 is 0 Å². The number of nitrogen functional groups attached to an aromatic ring is 1. The number of rotatable bonds is 1. The minimum absolute atomic E-state index is 0.644. The molecule has 0 unspecified atom stereocenters. The summed E-state index contributed by atoms with van der Waals surface area (Å²) in [6.45, 7) is 0.712. The van der Waals surface area contributed by atoms with Gasteiger partial charge in [-0.25, -0.2) is 0 Å². The fourth-order valence-corrected chi connectivity index (χ4v) is 3.00. The van der Waals surface area contributed by atoms with Crippen LogP contribution in [0.25, 0.3) is 10.9 Å². The zero-order valence-corrected chi connectivity index (χ0v) is 12.5. The topological polar surface area (TPSA) is 57.4 Å². The molecule has 0 atom stereocenters. The lowest BCUT2D eigenvalue weighted by Crippen LogP contribution is -2.03. The van der Waals surface area contributed by atoms with Crippen LogP contribution in [0.3, 0.4) is 0 Å². The van der Waals surface area contributed by atoms with Crippen molar-refractivity contribution in [1.29, 1.82) is 0 Å². The van der Waals surface area contributed by atoms with Crippen molar-refractivity contribution in [2.24, 2.45) is 0 Å². The maximum atomic E-state index is 6.14. The second-order valence-corrected chi connectivity index (χ2v) is 5.56. The maximum Gasteiger partial charge on any atom is 0.170 e. The summed E-state index contributed by atoms with van der Waals surface area (Å²) in [4.78, 5) is 4.45. The molecule has 0 spiro atoms. The third kappa shape index (κ3) is 2.75. The largest absolute Gasteiger partial charge is 0.493 e. The Morgan fingerprint density at radius 1 is 1.19 bits per heavy atom. The first-order valence-corrected chi connectivity index (χ1v) is 7.68. The van der Waals surface area contributed by atoms with E-state index in [2.05, 4.69) is 11.1 Å². The van der Waals surface area contributed by atoms with Crippen LogP contribution in [0.5, 0.6) is 11.5 Å². The number of pyridine rings is 1. The molecular weight excluding hydrogens is 264 g/mol. The summed E-state index contributed by atoms with van der Waals surface area (Å²) >= 11 is 0. The van der Waals surface area contributed by atoms with Gasteiger partial charge in [-0.3, -0.25) is 4.98 Å². The van der Waals surface area contributed by atoms with Gasteiger partial charge < -0.3 is 15.2 Å². The monoisotopic (exact) mass is 286 g/mol. The Labute approximate surface area is 125 Å². The summed E-state index contributed by atoms with van der Waals surface area (Å²) < 4.78 is 11.5. The lowest BCUT2D eigenvalue weighted by atomic mass is 10.0. The molecule has 2 N–H and O–H groups in total. The van der Waals surface area contributed by atoms with Gasteiger partial charge in [-0.1, -0.05) is 19.3 Å². The van der Waals surface area contributed by atoms with Gasteiger partial charge in [0.1, 0.15) is 0 Å². The van der Waals surface area contributed by atoms with Crippen molar-refractivity contribution in [2.45, 2.75) is 38.5 Å². The standard InChI is InChI=1S/C17H22N2O2/c1-20-14-11-13(18)16-15-12(8-9-19-16)7-5-3-2-4-6-10-21-17(14)15/h8-9,11H,2-7,10,18H2,1H3. The number of aromatic nitrogens is 1. The molecule has 0 aliphatic carbocycles. The zero-order valence-electron chi connectivity index (χ0n) is 12.5. The lowest BCUT2D eigenvalue weighted by molar-refractivity contribution is 0.289. The van der Waals surface area contributed by atoms with Crippen LogP contribution in [0, 0.1) is 0 Å². The van der Waals surface area contributed by atoms with Crippen molar-refractivity contribution >= 4 is 16.6 Å². The molecule has 21 heavy (non-hydrogen) atoms. The van der Waals surface area contributed by atoms with Gasteiger partial charge in [-0.15, -0.1) is 0 Å². The van der Waals surface area contributed by atoms with Gasteiger partial charge in [-0.2, -0.15) is 0 Å². The van der Waals surface area contributed by atoms with E-state index >= 15 is 0 Å². The van der Waals surface area contributed by atoms with E-state index in [-0.39, 0.29) is 0 Å². The molecule has 1 aliphatic heterocycles. The predicted molar refractivity (Wildman–Crippen MR) is 85.0 cm³/mol. The van der Waals surface area contributed by atoms with Gasteiger partial charge in [-0.05, 0) is 30.9 Å². The fraction of sp³-hybridized carbons (Fsp3) is 0.471. The summed E-state index contributed by atoms with van der Waals surface area (Å²) in [6, 6.07) is 3.89. The molecule has 0 bridgehead atoms. The van der Waals surface area contributed by atoms with Crippen LogP contribution < -0.4 is 15.2 Å². The Kier molecular flexibility index (Phi) is 4.13. The van der Waals surface area contributed by atoms with Gasteiger partial charge in [0.15, 0.2) is 11.5 Å². The summed E-state index contributed by atoms with van der Waals surface area (Å²) in [7, 11) is 1.65. The molecule has 0 amide bonds. The van der Waals surface area contributed by atoms with E-state index in [4.69, 9.17) is 15.2 Å². The van der Waals surface area contributed by atoms with E-state index in [0.717, 1.165) is 29.5 Å². The Balaban J connectivity index is 2.21. The number of ether oxygens (including phenoxy) is 2. The minimum atomic E-state index is 0.644. The Bertz CT molecular complexity index is 640. The Morgan fingerprint density at radius 3 is 2.86 bits per heavy atom. The van der Waals surface area contributed by atoms with Crippen LogP contribution in [0.1, 0.15) is 37.7 Å². The Morgan fingerprint density at radius 2 is 2.00 bits per heavy atom. The molecule has 0 fully saturated rings. The normalized spacial score (nSPS) is 16.0. The molecule has 112 valence electrons. The Hall–Kier alpha value is -1.97. The van der Waals surface area contributed by atoms with Crippen molar-refractivity contribution in [2.75, 3.05) is 19.5 Å². The van der Waals surface area contributed by atoms with Crippen molar-refractivity contribution in [3.63, 3.8) is 0 Å². The summed E-state index contributed by atoms with van der Waals surface area (Å²) in [5.74, 6) is 1.50. The number of benzene rings is 1. The molecule has 1 aliphatic rings. The van der Waals surface area contributed by atoms with Crippen LogP contribution in [0.15, 0.2) is 18.3 Å². The summed E-state index contributed by atoms with van der Waals surface area (Å²) in [5.41, 5.74) is 8.86. The lowest BCUT2D eigenvalue weighted by Gasteiger charge is -2.16. The van der Waals surface area contributed by atoms with Gasteiger partial charge in [0.25, 0.3) is 0 Å². The zero-order chi connectivity index (χ0) is 14.7. The number of anilines is 1. The van der Waals surface area contributed by atoms with E-state index in [1.54, 1.807) is 7.11 Å². The van der Waals surface area contributed by atoms with Crippen LogP contribution in [0.4, 0.5) is 5.69 Å². The van der Waals surface area contributed by atoms with Gasteiger partial charge in [0.2, 0.25) is 0 Å². The highest BCUT2D eigenvalue weighted by Gasteiger charge is 2.17. The number of hydrogen-bond donors (Lipinski definition) is 1.